The Bertz CT molecular complexity index is 1990. The molecule has 6 aromatic rings. The summed E-state index contributed by atoms with van der Waals surface area (Å²) in [5, 5.41) is 0. The van der Waals surface area contributed by atoms with Crippen molar-refractivity contribution >= 4 is 52.0 Å². The van der Waals surface area contributed by atoms with Crippen LogP contribution < -0.4 is 29.4 Å². The molecule has 1 radical (unpaired) electrons. The molecule has 0 N–H and O–H groups in total. The van der Waals surface area contributed by atoms with E-state index in [1.54, 1.807) is 18.6 Å². The molecule has 0 saturated heterocycles. The fourth-order valence-corrected chi connectivity index (χ4v) is 5.92. The molecule has 3 aromatic carbocycles. The summed E-state index contributed by atoms with van der Waals surface area (Å²) in [7, 11) is 5.91. The van der Waals surface area contributed by atoms with E-state index in [1.807, 2.05) is 128 Å². The van der Waals surface area contributed by atoms with Crippen LogP contribution in [0.5, 0.6) is 0 Å². The second-order valence-corrected chi connectivity index (χ2v) is 13.5. The third-order valence-corrected chi connectivity index (χ3v) is 8.75. The molecule has 0 atom stereocenters. The summed E-state index contributed by atoms with van der Waals surface area (Å²) in [6.45, 7) is 17.9. The van der Waals surface area contributed by atoms with Gasteiger partial charge in [-0.1, -0.05) is 20.8 Å². The van der Waals surface area contributed by atoms with Crippen LogP contribution in [-0.2, 0) is 20.1 Å². The molecule has 9 rings (SSSR count). The van der Waals surface area contributed by atoms with Gasteiger partial charge in [0.1, 0.15) is 34.9 Å². The summed E-state index contributed by atoms with van der Waals surface area (Å²) in [6, 6.07) is 28.0. The van der Waals surface area contributed by atoms with Gasteiger partial charge in [0.25, 0.3) is 0 Å². The maximum atomic E-state index is 4.55. The molecular formula is C42H42IrN12-6. The van der Waals surface area contributed by atoms with Crippen LogP contribution in [0.3, 0.4) is 0 Å². The summed E-state index contributed by atoms with van der Waals surface area (Å²) in [5.74, 6) is 5.19. The quantitative estimate of drug-likeness (QED) is 0.162. The molecule has 285 valence electrons. The average Bonchev–Trinajstić information content (AvgIpc) is 3.78. The molecule has 0 spiro atoms. The van der Waals surface area contributed by atoms with Crippen LogP contribution in [0.15, 0.2) is 73.2 Å². The van der Waals surface area contributed by atoms with Crippen molar-refractivity contribution in [3.8, 4) is 0 Å². The Balaban J connectivity index is 0.000000139. The van der Waals surface area contributed by atoms with E-state index < -0.39 is 0 Å². The van der Waals surface area contributed by atoms with Crippen LogP contribution in [0, 0.1) is 79.7 Å². The second kappa shape index (κ2) is 16.4. The molecule has 55 heavy (non-hydrogen) atoms. The molecule has 0 amide bonds. The van der Waals surface area contributed by atoms with E-state index in [2.05, 4.69) is 87.1 Å². The van der Waals surface area contributed by atoms with Gasteiger partial charge >= 0.3 is 0 Å². The zero-order valence-electron chi connectivity index (χ0n) is 32.4. The van der Waals surface area contributed by atoms with Crippen LogP contribution >= 0.6 is 0 Å². The van der Waals surface area contributed by atoms with Gasteiger partial charge in [0.2, 0.25) is 0 Å². The molecule has 3 aromatic heterocycles. The van der Waals surface area contributed by atoms with Crippen LogP contribution in [0.2, 0.25) is 0 Å². The SMILES string of the molecule is Cc1c[c-]c(N2[CH-]N(C)c3ncc(C)nc32)cc1.Cc1c[c-]c(N2[CH-]N(C)c3ncc(C)nc32)cc1.Cc1c[c-]c(N2[CH-]N(C)c3ncc(C)nc32)cc1.[Ir]. The van der Waals surface area contributed by atoms with E-state index in [4.69, 9.17) is 0 Å². The molecule has 12 nitrogen and oxygen atoms in total. The van der Waals surface area contributed by atoms with E-state index in [0.29, 0.717) is 0 Å². The van der Waals surface area contributed by atoms with Crippen molar-refractivity contribution in [2.24, 2.45) is 0 Å². The summed E-state index contributed by atoms with van der Waals surface area (Å²) < 4.78 is 0. The molecule has 0 aliphatic carbocycles. The van der Waals surface area contributed by atoms with Crippen LogP contribution in [-0.4, -0.2) is 51.0 Å². The first kappa shape index (κ1) is 39.1. The average molecular weight is 907 g/mol. The molecule has 3 aliphatic heterocycles. The van der Waals surface area contributed by atoms with Crippen LogP contribution in [0.4, 0.5) is 52.0 Å². The van der Waals surface area contributed by atoms with Gasteiger partial charge in [0.05, 0.1) is 35.7 Å². The molecule has 3 aliphatic rings. The molecule has 13 heteroatoms. The first-order chi connectivity index (χ1) is 25.9. The van der Waals surface area contributed by atoms with Crippen molar-refractivity contribution in [2.45, 2.75) is 41.5 Å². The number of hydrogen-bond acceptors (Lipinski definition) is 12. The maximum Gasteiger partial charge on any atom is 0.144 e. The summed E-state index contributed by atoms with van der Waals surface area (Å²) in [5.41, 5.74) is 9.26. The Morgan fingerprint density at radius 3 is 0.927 bits per heavy atom. The Morgan fingerprint density at radius 2 is 0.691 bits per heavy atom. The Hall–Kier alpha value is -5.65. The minimum atomic E-state index is 0. The number of hydrogen-bond donors (Lipinski definition) is 0. The predicted molar refractivity (Wildman–Crippen MR) is 215 cm³/mol. The van der Waals surface area contributed by atoms with Gasteiger partial charge in [0, 0.05) is 20.1 Å². The molecular weight excluding hydrogens is 865 g/mol. The number of fused-ring (bicyclic) bond motifs is 3. The number of benzene rings is 3. The van der Waals surface area contributed by atoms with Crippen molar-refractivity contribution in [3.63, 3.8) is 0 Å². The first-order valence-electron chi connectivity index (χ1n) is 17.5. The van der Waals surface area contributed by atoms with Crippen molar-refractivity contribution in [1.82, 2.24) is 29.9 Å². The Kier molecular flexibility index (Phi) is 11.6. The molecule has 0 bridgehead atoms. The summed E-state index contributed by atoms with van der Waals surface area (Å²) in [4.78, 5) is 38.8. The van der Waals surface area contributed by atoms with Gasteiger partial charge in [-0.3, -0.25) is 0 Å². The van der Waals surface area contributed by atoms with E-state index in [9.17, 15) is 0 Å². The Morgan fingerprint density at radius 1 is 0.418 bits per heavy atom. The van der Waals surface area contributed by atoms with Crippen molar-refractivity contribution in [2.75, 3.05) is 50.5 Å². The van der Waals surface area contributed by atoms with Crippen molar-refractivity contribution in [3.05, 3.63) is 145 Å². The molecule has 0 unspecified atom stereocenters. The van der Waals surface area contributed by atoms with E-state index >= 15 is 0 Å². The molecule has 6 heterocycles. The van der Waals surface area contributed by atoms with Crippen LogP contribution in [0.1, 0.15) is 33.8 Å². The standard InChI is InChI=1S/3C14H14N4.Ir/c3*1-10-4-6-12(7-5-10)18-9-17(3)13-14(18)16-11(2)8-15-13;/h3*4-6,8-9H,1-3H3;/q3*-2;. The minimum absolute atomic E-state index is 0. The zero-order chi connectivity index (χ0) is 38.1. The number of rotatable bonds is 3. The normalized spacial score (nSPS) is 13.7. The third-order valence-electron chi connectivity index (χ3n) is 8.75. The second-order valence-electron chi connectivity index (χ2n) is 13.5. The summed E-state index contributed by atoms with van der Waals surface area (Å²) in [6.07, 6.45) is 5.35. The van der Waals surface area contributed by atoms with Crippen LogP contribution in [0.25, 0.3) is 0 Å². The van der Waals surface area contributed by atoms with Gasteiger partial charge in [0.15, 0.2) is 0 Å². The van der Waals surface area contributed by atoms with Gasteiger partial charge < -0.3 is 29.4 Å². The van der Waals surface area contributed by atoms with Gasteiger partial charge in [-0.2, -0.15) is 71.3 Å². The van der Waals surface area contributed by atoms with E-state index in [1.165, 1.54) is 16.7 Å². The van der Waals surface area contributed by atoms with Gasteiger partial charge in [-0.05, 0) is 41.9 Å². The van der Waals surface area contributed by atoms with Crippen molar-refractivity contribution < 1.29 is 20.1 Å². The number of aryl methyl sites for hydroxylation is 6. The maximum absolute atomic E-state index is 4.55. The van der Waals surface area contributed by atoms with Gasteiger partial charge in [-0.25, -0.2) is 29.9 Å². The molecule has 0 saturated carbocycles. The predicted octanol–water partition coefficient (Wildman–Crippen LogP) is 7.80. The van der Waals surface area contributed by atoms with E-state index in [0.717, 1.165) is 69.1 Å². The minimum Gasteiger partial charge on any atom is -0.487 e. The topological polar surface area (TPSA) is 96.8 Å². The zero-order valence-corrected chi connectivity index (χ0v) is 34.8. The van der Waals surface area contributed by atoms with Gasteiger partial charge in [-0.15, -0.1) is 55.3 Å². The third kappa shape index (κ3) is 8.38. The van der Waals surface area contributed by atoms with E-state index in [-0.39, 0.29) is 20.1 Å². The fourth-order valence-electron chi connectivity index (χ4n) is 5.92. The fraction of sp³-hybridized carbons (Fsp3) is 0.214. The first-order valence-corrected chi connectivity index (χ1v) is 17.5. The number of nitrogens with zero attached hydrogens (tertiary/aromatic N) is 12. The monoisotopic (exact) mass is 907 g/mol. The van der Waals surface area contributed by atoms with Crippen molar-refractivity contribution in [1.29, 1.82) is 0 Å². The number of aromatic nitrogens is 6. The number of anilines is 9. The largest absolute Gasteiger partial charge is 0.487 e. The summed E-state index contributed by atoms with van der Waals surface area (Å²) >= 11 is 0. The smallest absolute Gasteiger partial charge is 0.144 e. The Labute approximate surface area is 337 Å². The molecule has 0 fully saturated rings.